The lowest BCUT2D eigenvalue weighted by molar-refractivity contribution is -0.121. The van der Waals surface area contributed by atoms with Crippen LogP contribution in [0.1, 0.15) is 5.56 Å². The number of nitrogens with zero attached hydrogens (tertiary/aromatic N) is 2. The monoisotopic (exact) mass is 366 g/mol. The van der Waals surface area contributed by atoms with Crippen molar-refractivity contribution < 1.29 is 9.59 Å². The van der Waals surface area contributed by atoms with E-state index in [-0.39, 0.29) is 35.5 Å². The van der Waals surface area contributed by atoms with Crippen molar-refractivity contribution in [3.63, 3.8) is 0 Å². The topological polar surface area (TPSA) is 85.6 Å². The molecule has 1 atom stereocenters. The first-order chi connectivity index (χ1) is 12.5. The lowest BCUT2D eigenvalue weighted by Crippen LogP contribution is -2.39. The molecule has 6 nitrogen and oxygen atoms in total. The second-order valence-electron chi connectivity index (χ2n) is 6.26. The molecule has 1 saturated heterocycles. The van der Waals surface area contributed by atoms with E-state index in [2.05, 4.69) is 10.3 Å². The summed E-state index contributed by atoms with van der Waals surface area (Å²) in [6, 6.07) is 5.33. The molecule has 7 heteroatoms. The average Bonchev–Trinajstić information content (AvgIpc) is 2.91. The molecule has 0 radical (unpaired) electrons. The Bertz CT molecular complexity index is 987. The van der Waals surface area contributed by atoms with E-state index in [1.165, 1.54) is 0 Å². The van der Waals surface area contributed by atoms with Crippen LogP contribution in [0.4, 0.5) is 5.69 Å². The van der Waals surface area contributed by atoms with Gasteiger partial charge in [0, 0.05) is 10.7 Å². The molecule has 2 heterocycles. The summed E-state index contributed by atoms with van der Waals surface area (Å²) in [5, 5.41) is 11.7. The molecule has 1 fully saturated rings. The minimum atomic E-state index is -0.457. The molecule has 26 heavy (non-hydrogen) atoms. The lowest BCUT2D eigenvalue weighted by Gasteiger charge is -2.23. The van der Waals surface area contributed by atoms with Gasteiger partial charge in [0.25, 0.3) is 0 Å². The second-order valence-corrected chi connectivity index (χ2v) is 6.70. The van der Waals surface area contributed by atoms with Gasteiger partial charge in [-0.25, -0.2) is 4.99 Å². The third-order valence-corrected chi connectivity index (χ3v) is 4.79. The third kappa shape index (κ3) is 2.59. The van der Waals surface area contributed by atoms with Gasteiger partial charge in [0.1, 0.15) is 17.2 Å². The molecule has 3 aliphatic rings. The van der Waals surface area contributed by atoms with Gasteiger partial charge in [0.15, 0.2) is 5.78 Å². The van der Waals surface area contributed by atoms with Crippen LogP contribution in [-0.4, -0.2) is 29.8 Å². The first-order valence-corrected chi connectivity index (χ1v) is 8.48. The van der Waals surface area contributed by atoms with E-state index >= 15 is 0 Å². The Morgan fingerprint density at radius 3 is 2.92 bits per heavy atom. The highest BCUT2D eigenvalue weighted by Gasteiger charge is 2.38. The number of amidine groups is 1. The molecule has 1 amide bonds. The number of anilines is 1. The molecule has 4 rings (SSSR count). The fraction of sp³-hybridized carbons (Fsp3) is 0.158. The highest BCUT2D eigenvalue weighted by atomic mass is 35.5. The fourth-order valence-corrected chi connectivity index (χ4v) is 3.39. The SMILES string of the molecule is Cc1ccc(Cl)cc1N1CC(=O)/C(=C2\N=C3C=CC=CC3C(=O)N2)C1=N. The van der Waals surface area contributed by atoms with Crippen LogP contribution in [-0.2, 0) is 9.59 Å². The van der Waals surface area contributed by atoms with Gasteiger partial charge in [0.2, 0.25) is 5.91 Å². The number of aliphatic imine (C=N–C) groups is 1. The summed E-state index contributed by atoms with van der Waals surface area (Å²) in [5.74, 6) is -0.826. The molecule has 0 spiro atoms. The number of hydrogen-bond acceptors (Lipinski definition) is 4. The van der Waals surface area contributed by atoms with Crippen molar-refractivity contribution in [1.29, 1.82) is 5.41 Å². The van der Waals surface area contributed by atoms with Gasteiger partial charge in [-0.05, 0) is 30.7 Å². The van der Waals surface area contributed by atoms with Gasteiger partial charge in [-0.1, -0.05) is 35.9 Å². The number of aryl methyl sites for hydroxylation is 1. The number of carbonyl (C=O) groups is 2. The van der Waals surface area contributed by atoms with Crippen LogP contribution in [0.15, 0.2) is 58.9 Å². The van der Waals surface area contributed by atoms with Gasteiger partial charge in [-0.15, -0.1) is 0 Å². The Hall–Kier alpha value is -2.99. The van der Waals surface area contributed by atoms with Gasteiger partial charge >= 0.3 is 0 Å². The number of ketones is 1. The van der Waals surface area contributed by atoms with E-state index < -0.39 is 5.92 Å². The predicted molar refractivity (Wildman–Crippen MR) is 101 cm³/mol. The molecule has 1 aromatic carbocycles. The van der Waals surface area contributed by atoms with Crippen LogP contribution >= 0.6 is 11.6 Å². The average molecular weight is 367 g/mol. The Labute approximate surface area is 155 Å². The molecule has 1 unspecified atom stereocenters. The minimum absolute atomic E-state index is 0.00815. The van der Waals surface area contributed by atoms with E-state index in [1.54, 1.807) is 41.3 Å². The van der Waals surface area contributed by atoms with Crippen molar-refractivity contribution in [2.75, 3.05) is 11.4 Å². The maximum absolute atomic E-state index is 12.6. The van der Waals surface area contributed by atoms with Gasteiger partial charge in [-0.2, -0.15) is 0 Å². The molecule has 0 saturated carbocycles. The zero-order valence-electron chi connectivity index (χ0n) is 13.9. The second kappa shape index (κ2) is 6.07. The van der Waals surface area contributed by atoms with Crippen LogP contribution in [0.2, 0.25) is 5.02 Å². The molecule has 0 aromatic heterocycles. The summed E-state index contributed by atoms with van der Waals surface area (Å²) in [7, 11) is 0. The standard InChI is InChI=1S/C19H15ClN4O2/c1-10-6-7-11(20)8-14(10)24-9-15(25)16(17(24)21)18-22-13-5-3-2-4-12(13)19(26)23-18/h2-8,12,21H,9H2,1H3,(H,23,26)/b18-16-,21-17?. The quantitative estimate of drug-likeness (QED) is 0.749. The number of Topliss-reactive ketones (excluding diaryl/α,β-unsaturated/α-hetero) is 1. The zero-order chi connectivity index (χ0) is 18.4. The van der Waals surface area contributed by atoms with Crippen molar-refractivity contribution in [1.82, 2.24) is 5.32 Å². The first-order valence-electron chi connectivity index (χ1n) is 8.10. The number of carbonyl (C=O) groups excluding carboxylic acids is 2. The van der Waals surface area contributed by atoms with Crippen molar-refractivity contribution >= 4 is 40.5 Å². The number of halogens is 1. The van der Waals surface area contributed by atoms with Crippen LogP contribution in [0.25, 0.3) is 0 Å². The summed E-state index contributed by atoms with van der Waals surface area (Å²) in [6.45, 7) is 1.90. The normalized spacial score (nSPS) is 24.7. The van der Waals surface area contributed by atoms with Crippen molar-refractivity contribution in [3.8, 4) is 0 Å². The van der Waals surface area contributed by atoms with Gasteiger partial charge < -0.3 is 10.2 Å². The Kier molecular flexibility index (Phi) is 3.85. The molecule has 1 aliphatic carbocycles. The maximum Gasteiger partial charge on any atom is 0.238 e. The zero-order valence-corrected chi connectivity index (χ0v) is 14.7. The van der Waals surface area contributed by atoms with E-state index in [0.29, 0.717) is 16.4 Å². The largest absolute Gasteiger partial charge is 0.318 e. The Morgan fingerprint density at radius 2 is 2.12 bits per heavy atom. The molecule has 2 aliphatic heterocycles. The molecule has 130 valence electrons. The maximum atomic E-state index is 12.6. The van der Waals surface area contributed by atoms with Crippen LogP contribution in [0, 0.1) is 18.3 Å². The Balaban J connectivity index is 1.77. The van der Waals surface area contributed by atoms with E-state index in [9.17, 15) is 9.59 Å². The number of benzene rings is 1. The van der Waals surface area contributed by atoms with E-state index in [0.717, 1.165) is 5.56 Å². The summed E-state index contributed by atoms with van der Waals surface area (Å²) >= 11 is 6.07. The number of fused-ring (bicyclic) bond motifs is 1. The first kappa shape index (κ1) is 16.5. The summed E-state index contributed by atoms with van der Waals surface area (Å²) in [4.78, 5) is 30.9. The highest BCUT2D eigenvalue weighted by Crippen LogP contribution is 2.31. The predicted octanol–water partition coefficient (Wildman–Crippen LogP) is 2.54. The number of nitrogens with one attached hydrogen (secondary N) is 2. The number of amides is 1. The van der Waals surface area contributed by atoms with E-state index in [4.69, 9.17) is 17.0 Å². The van der Waals surface area contributed by atoms with Crippen molar-refractivity contribution in [2.45, 2.75) is 6.92 Å². The van der Waals surface area contributed by atoms with Crippen molar-refractivity contribution in [3.05, 3.63) is 64.5 Å². The smallest absolute Gasteiger partial charge is 0.238 e. The molecule has 2 N–H and O–H groups in total. The highest BCUT2D eigenvalue weighted by molar-refractivity contribution is 6.35. The summed E-state index contributed by atoms with van der Waals surface area (Å²) in [6.07, 6.45) is 7.07. The number of hydrogen-bond donors (Lipinski definition) is 2. The summed E-state index contributed by atoms with van der Waals surface area (Å²) < 4.78 is 0. The van der Waals surface area contributed by atoms with Crippen molar-refractivity contribution in [2.24, 2.45) is 10.9 Å². The fourth-order valence-electron chi connectivity index (χ4n) is 3.22. The Morgan fingerprint density at radius 1 is 1.31 bits per heavy atom. The van der Waals surface area contributed by atoms with Gasteiger partial charge in [0.05, 0.1) is 18.2 Å². The lowest BCUT2D eigenvalue weighted by atomic mass is 9.95. The van der Waals surface area contributed by atoms with Gasteiger partial charge in [-0.3, -0.25) is 15.0 Å². The number of rotatable bonds is 1. The van der Waals surface area contributed by atoms with Crippen LogP contribution < -0.4 is 10.2 Å². The summed E-state index contributed by atoms with van der Waals surface area (Å²) in [5.41, 5.74) is 2.28. The molecular weight excluding hydrogens is 352 g/mol. The van der Waals surface area contributed by atoms with Crippen LogP contribution in [0.3, 0.4) is 0 Å². The third-order valence-electron chi connectivity index (χ3n) is 4.55. The molecule has 0 bridgehead atoms. The van der Waals surface area contributed by atoms with E-state index in [1.807, 2.05) is 13.0 Å². The molecular formula is C19H15ClN4O2. The number of allylic oxidation sites excluding steroid dienone is 3. The minimum Gasteiger partial charge on any atom is -0.318 e. The van der Waals surface area contributed by atoms with Crippen LogP contribution in [0.5, 0.6) is 0 Å². The molecule has 1 aromatic rings.